The number of halogens is 2. The number of alkyl halides is 2. The van der Waals surface area contributed by atoms with Gasteiger partial charge in [-0.3, -0.25) is 28.5 Å². The van der Waals surface area contributed by atoms with E-state index < -0.39 is 35.7 Å². The first-order valence-electron chi connectivity index (χ1n) is 11.1. The van der Waals surface area contributed by atoms with Crippen molar-refractivity contribution in [3.8, 4) is 10.6 Å². The predicted molar refractivity (Wildman–Crippen MR) is 133 cm³/mol. The standard InChI is InChI=1S/C23H23F2N7O4S/c1-11(33)8-31-21(35)17-18(30(5)22(31)36)27-10-32(17)13(3)19(34)28-16-9-37-20(29-16)14-6-15(23(4,24)25)12(2)26-7-14/h6-7,9-10,13H,8H2,1-5H3,(H,28,34)/t13-/m0/s1. The molecule has 0 saturated carbocycles. The predicted octanol–water partition coefficient (Wildman–Crippen LogP) is 2.62. The first-order chi connectivity index (χ1) is 17.3. The summed E-state index contributed by atoms with van der Waals surface area (Å²) in [6, 6.07) is 0.376. The van der Waals surface area contributed by atoms with Crippen molar-refractivity contribution in [3.63, 3.8) is 0 Å². The molecule has 1 amide bonds. The Morgan fingerprint density at radius 2 is 1.95 bits per heavy atom. The number of carbonyl (C=O) groups excluding carboxylic acids is 2. The molecular formula is C23H23F2N7O4S. The molecule has 11 nitrogen and oxygen atoms in total. The molecule has 4 aromatic heterocycles. The lowest BCUT2D eigenvalue weighted by Crippen LogP contribution is -2.41. The number of aromatic nitrogens is 6. The van der Waals surface area contributed by atoms with Gasteiger partial charge in [-0.05, 0) is 26.8 Å². The number of ketones is 1. The number of fused-ring (bicyclic) bond motifs is 1. The number of hydrogen-bond donors (Lipinski definition) is 1. The summed E-state index contributed by atoms with van der Waals surface area (Å²) in [5.41, 5.74) is -0.993. The van der Waals surface area contributed by atoms with Gasteiger partial charge in [-0.1, -0.05) is 0 Å². The average Bonchev–Trinajstić information content (AvgIpc) is 3.47. The van der Waals surface area contributed by atoms with Gasteiger partial charge in [0.05, 0.1) is 12.9 Å². The number of imidazole rings is 1. The van der Waals surface area contributed by atoms with Gasteiger partial charge in [0, 0.05) is 42.4 Å². The van der Waals surface area contributed by atoms with Gasteiger partial charge < -0.3 is 9.88 Å². The maximum atomic E-state index is 13.9. The summed E-state index contributed by atoms with van der Waals surface area (Å²) in [5.74, 6) is -3.80. The largest absolute Gasteiger partial charge is 0.332 e. The van der Waals surface area contributed by atoms with Crippen LogP contribution in [0.4, 0.5) is 14.6 Å². The highest BCUT2D eigenvalue weighted by Crippen LogP contribution is 2.33. The summed E-state index contributed by atoms with van der Waals surface area (Å²) in [6.45, 7) is 4.67. The number of amides is 1. The Hall–Kier alpha value is -4.07. The Labute approximate surface area is 212 Å². The molecule has 0 saturated heterocycles. The summed E-state index contributed by atoms with van der Waals surface area (Å²) in [6.07, 6.45) is 2.70. The highest BCUT2D eigenvalue weighted by Gasteiger charge is 2.28. The molecule has 4 heterocycles. The van der Waals surface area contributed by atoms with E-state index in [9.17, 15) is 28.0 Å². The Balaban J connectivity index is 1.63. The summed E-state index contributed by atoms with van der Waals surface area (Å²) >= 11 is 1.14. The summed E-state index contributed by atoms with van der Waals surface area (Å²) in [7, 11) is 1.42. The van der Waals surface area contributed by atoms with Gasteiger partial charge in [-0.2, -0.15) is 0 Å². The zero-order valence-electron chi connectivity index (χ0n) is 20.6. The van der Waals surface area contributed by atoms with Gasteiger partial charge in [0.2, 0.25) is 5.91 Å². The Morgan fingerprint density at radius 1 is 1.24 bits per heavy atom. The topological polar surface area (TPSA) is 134 Å². The van der Waals surface area contributed by atoms with E-state index in [4.69, 9.17) is 0 Å². The molecule has 1 atom stereocenters. The number of rotatable bonds is 7. The van der Waals surface area contributed by atoms with Gasteiger partial charge >= 0.3 is 5.69 Å². The second-order valence-electron chi connectivity index (χ2n) is 8.71. The van der Waals surface area contributed by atoms with E-state index in [1.165, 1.54) is 51.0 Å². The second kappa shape index (κ2) is 9.42. The summed E-state index contributed by atoms with van der Waals surface area (Å²) < 4.78 is 31.1. The van der Waals surface area contributed by atoms with Crippen molar-refractivity contribution in [2.75, 3.05) is 5.32 Å². The second-order valence-corrected chi connectivity index (χ2v) is 9.57. The van der Waals surface area contributed by atoms with Crippen molar-refractivity contribution in [1.29, 1.82) is 0 Å². The van der Waals surface area contributed by atoms with Crippen LogP contribution < -0.4 is 16.6 Å². The Kier molecular flexibility index (Phi) is 6.62. The third-order valence-electron chi connectivity index (χ3n) is 5.80. The fourth-order valence-corrected chi connectivity index (χ4v) is 4.59. The monoisotopic (exact) mass is 531 g/mol. The highest BCUT2D eigenvalue weighted by atomic mass is 32.1. The van der Waals surface area contributed by atoms with E-state index in [-0.39, 0.29) is 34.0 Å². The number of thiazole rings is 1. The van der Waals surface area contributed by atoms with Gasteiger partial charge in [-0.25, -0.2) is 23.5 Å². The van der Waals surface area contributed by atoms with E-state index in [1.54, 1.807) is 5.38 Å². The highest BCUT2D eigenvalue weighted by molar-refractivity contribution is 7.13. The zero-order valence-corrected chi connectivity index (χ0v) is 21.4. The zero-order chi connectivity index (χ0) is 27.2. The van der Waals surface area contributed by atoms with Crippen LogP contribution in [0.1, 0.15) is 38.1 Å². The molecule has 0 unspecified atom stereocenters. The number of nitrogens with one attached hydrogen (secondary N) is 1. The molecular weight excluding hydrogens is 508 g/mol. The van der Waals surface area contributed by atoms with Crippen molar-refractivity contribution < 1.29 is 18.4 Å². The number of carbonyl (C=O) groups is 2. The Bertz CT molecular complexity index is 1660. The minimum Gasteiger partial charge on any atom is -0.312 e. The van der Waals surface area contributed by atoms with Crippen molar-refractivity contribution >= 4 is 40.0 Å². The summed E-state index contributed by atoms with van der Waals surface area (Å²) in [5, 5.41) is 4.59. The molecule has 4 rings (SSSR count). The number of nitrogens with zero attached hydrogens (tertiary/aromatic N) is 6. The molecule has 0 spiro atoms. The molecule has 0 bridgehead atoms. The van der Waals surface area contributed by atoms with Crippen LogP contribution in [0, 0.1) is 6.92 Å². The van der Waals surface area contributed by atoms with Gasteiger partial charge in [0.15, 0.2) is 11.2 Å². The lowest BCUT2D eigenvalue weighted by atomic mass is 10.1. The lowest BCUT2D eigenvalue weighted by molar-refractivity contribution is -0.119. The molecule has 4 aromatic rings. The smallest absolute Gasteiger partial charge is 0.312 e. The van der Waals surface area contributed by atoms with Gasteiger partial charge in [-0.15, -0.1) is 11.3 Å². The van der Waals surface area contributed by atoms with Crippen LogP contribution in [0.15, 0.2) is 33.6 Å². The number of Topliss-reactive ketones (excluding diaryl/α,β-unsaturated/α-hetero) is 1. The maximum Gasteiger partial charge on any atom is 0.332 e. The van der Waals surface area contributed by atoms with E-state index in [0.29, 0.717) is 10.6 Å². The first-order valence-corrected chi connectivity index (χ1v) is 11.9. The molecule has 0 aromatic carbocycles. The van der Waals surface area contributed by atoms with Crippen LogP contribution in [0.3, 0.4) is 0 Å². The normalized spacial score (nSPS) is 12.6. The van der Waals surface area contributed by atoms with Crippen molar-refractivity contribution in [2.24, 2.45) is 7.05 Å². The molecule has 194 valence electrons. The molecule has 1 N–H and O–H groups in total. The average molecular weight is 532 g/mol. The van der Waals surface area contributed by atoms with Crippen LogP contribution >= 0.6 is 11.3 Å². The number of pyridine rings is 1. The Morgan fingerprint density at radius 3 is 2.59 bits per heavy atom. The van der Waals surface area contributed by atoms with Crippen LogP contribution in [0.5, 0.6) is 0 Å². The maximum absolute atomic E-state index is 13.9. The molecule has 0 aliphatic heterocycles. The van der Waals surface area contributed by atoms with E-state index >= 15 is 0 Å². The number of hydrogen-bond acceptors (Lipinski definition) is 8. The van der Waals surface area contributed by atoms with Crippen LogP contribution in [-0.2, 0) is 29.1 Å². The minimum absolute atomic E-state index is 0.0104. The van der Waals surface area contributed by atoms with Gasteiger partial charge in [0.1, 0.15) is 22.7 Å². The quantitative estimate of drug-likeness (QED) is 0.387. The first kappa shape index (κ1) is 26.0. The van der Waals surface area contributed by atoms with Crippen molar-refractivity contribution in [1.82, 2.24) is 28.7 Å². The number of anilines is 1. The van der Waals surface area contributed by atoms with Gasteiger partial charge in [0.25, 0.3) is 11.5 Å². The van der Waals surface area contributed by atoms with E-state index in [1.807, 2.05) is 0 Å². The molecule has 0 aliphatic carbocycles. The fourth-order valence-electron chi connectivity index (χ4n) is 3.86. The fraction of sp³-hybridized carbons (Fsp3) is 0.348. The van der Waals surface area contributed by atoms with E-state index in [2.05, 4.69) is 20.3 Å². The third-order valence-corrected chi connectivity index (χ3v) is 6.69. The summed E-state index contributed by atoms with van der Waals surface area (Å²) in [4.78, 5) is 62.6. The molecule has 0 fully saturated rings. The van der Waals surface area contributed by atoms with E-state index in [0.717, 1.165) is 27.4 Å². The molecule has 37 heavy (non-hydrogen) atoms. The van der Waals surface area contributed by atoms with Crippen LogP contribution in [-0.4, -0.2) is 40.3 Å². The third kappa shape index (κ3) is 4.83. The lowest BCUT2D eigenvalue weighted by Gasteiger charge is -2.14. The van der Waals surface area contributed by atoms with Crippen LogP contribution in [0.25, 0.3) is 21.7 Å². The SMILES string of the molecule is CC(=O)Cn1c(=O)c2c(ncn2[C@@H](C)C(=O)Nc2csc(-c3cnc(C)c(C(C)(F)F)c3)n2)n(C)c1=O. The molecule has 14 heteroatoms. The van der Waals surface area contributed by atoms with Crippen molar-refractivity contribution in [2.45, 2.75) is 46.2 Å². The van der Waals surface area contributed by atoms with Crippen molar-refractivity contribution in [3.05, 3.63) is 56.1 Å². The molecule has 0 aliphatic rings. The minimum atomic E-state index is -3.07. The van der Waals surface area contributed by atoms with Crippen LogP contribution in [0.2, 0.25) is 0 Å². The molecule has 0 radical (unpaired) electrons. The number of aryl methyl sites for hydroxylation is 2.